The van der Waals surface area contributed by atoms with Crippen LogP contribution in [0.4, 0.5) is 5.82 Å². The molecule has 2 aromatic heterocycles. The summed E-state index contributed by atoms with van der Waals surface area (Å²) in [6, 6.07) is 3.49. The van der Waals surface area contributed by atoms with Crippen molar-refractivity contribution in [3.8, 4) is 10.6 Å². The molecule has 0 saturated heterocycles. The third kappa shape index (κ3) is 1.79. The Morgan fingerprint density at radius 2 is 2.33 bits per heavy atom. The number of aromatic nitrogens is 2. The van der Waals surface area contributed by atoms with Gasteiger partial charge in [0.25, 0.3) is 0 Å². The van der Waals surface area contributed by atoms with Crippen LogP contribution in [-0.2, 0) is 0 Å². The monoisotopic (exact) mass is 221 g/mol. The average Bonchev–Trinajstić information content (AvgIpc) is 2.67. The average molecular weight is 221 g/mol. The van der Waals surface area contributed by atoms with E-state index in [0.29, 0.717) is 16.4 Å². The van der Waals surface area contributed by atoms with E-state index in [4.69, 9.17) is 10.8 Å². The zero-order chi connectivity index (χ0) is 10.8. The molecule has 0 radical (unpaired) electrons. The summed E-state index contributed by atoms with van der Waals surface area (Å²) in [6.45, 7) is 0. The number of rotatable bonds is 2. The highest BCUT2D eigenvalue weighted by Gasteiger charge is 2.11. The van der Waals surface area contributed by atoms with Gasteiger partial charge in [-0.15, -0.1) is 11.3 Å². The summed E-state index contributed by atoms with van der Waals surface area (Å²) in [5, 5.41) is 10.8. The molecule has 0 spiro atoms. The van der Waals surface area contributed by atoms with E-state index in [9.17, 15) is 4.79 Å². The molecular formula is C9H7N3O2S. The Balaban J connectivity index is 2.46. The second kappa shape index (κ2) is 3.66. The van der Waals surface area contributed by atoms with E-state index in [1.54, 1.807) is 18.3 Å². The van der Waals surface area contributed by atoms with Gasteiger partial charge in [-0.25, -0.2) is 14.8 Å². The van der Waals surface area contributed by atoms with Crippen molar-refractivity contribution in [1.29, 1.82) is 0 Å². The number of aromatic carboxylic acids is 1. The highest BCUT2D eigenvalue weighted by molar-refractivity contribution is 7.13. The number of hydrogen-bond acceptors (Lipinski definition) is 5. The molecule has 2 aromatic rings. The Bertz CT molecular complexity index is 510. The maximum Gasteiger partial charge on any atom is 0.355 e. The van der Waals surface area contributed by atoms with Gasteiger partial charge in [-0.05, 0) is 12.1 Å². The van der Waals surface area contributed by atoms with Gasteiger partial charge in [0.15, 0.2) is 5.69 Å². The third-order valence-electron chi connectivity index (χ3n) is 1.79. The van der Waals surface area contributed by atoms with Crippen molar-refractivity contribution < 1.29 is 9.90 Å². The topological polar surface area (TPSA) is 89.1 Å². The van der Waals surface area contributed by atoms with Crippen LogP contribution in [0.1, 0.15) is 10.5 Å². The van der Waals surface area contributed by atoms with Crippen molar-refractivity contribution in [2.45, 2.75) is 0 Å². The van der Waals surface area contributed by atoms with E-state index in [-0.39, 0.29) is 5.69 Å². The Labute approximate surface area is 89.2 Å². The molecule has 0 aromatic carbocycles. The molecule has 5 nitrogen and oxygen atoms in total. The minimum absolute atomic E-state index is 0.0262. The SMILES string of the molecule is Nc1ncccc1-c1nc(C(=O)O)cs1. The van der Waals surface area contributed by atoms with Crippen LogP contribution in [0, 0.1) is 0 Å². The lowest BCUT2D eigenvalue weighted by molar-refractivity contribution is 0.0691. The molecular weight excluding hydrogens is 214 g/mol. The lowest BCUT2D eigenvalue weighted by atomic mass is 10.3. The van der Waals surface area contributed by atoms with Gasteiger partial charge in [-0.3, -0.25) is 0 Å². The summed E-state index contributed by atoms with van der Waals surface area (Å²) in [6.07, 6.45) is 1.57. The molecule has 2 heterocycles. The Hall–Kier alpha value is -1.95. The Kier molecular flexibility index (Phi) is 2.34. The van der Waals surface area contributed by atoms with Gasteiger partial charge in [0.05, 0.1) is 5.56 Å². The van der Waals surface area contributed by atoms with Crippen LogP contribution >= 0.6 is 11.3 Å². The van der Waals surface area contributed by atoms with Crippen LogP contribution in [0.15, 0.2) is 23.7 Å². The summed E-state index contributed by atoms with van der Waals surface area (Å²) < 4.78 is 0. The van der Waals surface area contributed by atoms with E-state index in [1.165, 1.54) is 16.7 Å². The molecule has 15 heavy (non-hydrogen) atoms. The lowest BCUT2D eigenvalue weighted by Gasteiger charge is -1.98. The maximum atomic E-state index is 10.6. The molecule has 0 unspecified atom stereocenters. The number of nitrogens with two attached hydrogens (primary N) is 1. The van der Waals surface area contributed by atoms with Gasteiger partial charge < -0.3 is 10.8 Å². The zero-order valence-electron chi connectivity index (χ0n) is 7.54. The quantitative estimate of drug-likeness (QED) is 0.801. The molecule has 0 atom stereocenters. The largest absolute Gasteiger partial charge is 0.476 e. The van der Waals surface area contributed by atoms with Gasteiger partial charge in [0.1, 0.15) is 10.8 Å². The van der Waals surface area contributed by atoms with Crippen molar-refractivity contribution in [3.63, 3.8) is 0 Å². The van der Waals surface area contributed by atoms with Crippen molar-refractivity contribution in [3.05, 3.63) is 29.4 Å². The molecule has 3 N–H and O–H groups in total. The van der Waals surface area contributed by atoms with E-state index in [0.717, 1.165) is 0 Å². The second-order valence-electron chi connectivity index (χ2n) is 2.78. The van der Waals surface area contributed by atoms with Crippen LogP contribution in [0.5, 0.6) is 0 Å². The molecule has 0 fully saturated rings. The third-order valence-corrected chi connectivity index (χ3v) is 2.67. The predicted octanol–water partition coefficient (Wildman–Crippen LogP) is 1.49. The molecule has 6 heteroatoms. The normalized spacial score (nSPS) is 10.1. The fraction of sp³-hybridized carbons (Fsp3) is 0. The smallest absolute Gasteiger partial charge is 0.355 e. The summed E-state index contributed by atoms with van der Waals surface area (Å²) in [4.78, 5) is 18.5. The number of nitrogen functional groups attached to an aromatic ring is 1. The molecule has 0 amide bonds. The first kappa shape index (κ1) is 9.60. The van der Waals surface area contributed by atoms with Crippen molar-refractivity contribution in [2.75, 3.05) is 5.73 Å². The number of nitrogens with zero attached hydrogens (tertiary/aromatic N) is 2. The van der Waals surface area contributed by atoms with Gasteiger partial charge >= 0.3 is 5.97 Å². The summed E-state index contributed by atoms with van der Waals surface area (Å²) in [5.74, 6) is -0.691. The van der Waals surface area contributed by atoms with Gasteiger partial charge in [-0.2, -0.15) is 0 Å². The Morgan fingerprint density at radius 1 is 1.53 bits per heavy atom. The lowest BCUT2D eigenvalue weighted by Crippen LogP contribution is -1.97. The standard InChI is InChI=1S/C9H7N3O2S/c10-7-5(2-1-3-11-7)8-12-6(4-15-8)9(13)14/h1-4H,(H2,10,11)(H,13,14). The highest BCUT2D eigenvalue weighted by Crippen LogP contribution is 2.26. The number of pyridine rings is 1. The maximum absolute atomic E-state index is 10.6. The van der Waals surface area contributed by atoms with Crippen LogP contribution < -0.4 is 5.73 Å². The van der Waals surface area contributed by atoms with Crippen molar-refractivity contribution >= 4 is 23.1 Å². The van der Waals surface area contributed by atoms with Crippen LogP contribution in [0.3, 0.4) is 0 Å². The molecule has 0 bridgehead atoms. The van der Waals surface area contributed by atoms with E-state index < -0.39 is 5.97 Å². The first-order valence-electron chi connectivity index (χ1n) is 4.08. The first-order chi connectivity index (χ1) is 7.18. The number of thiazole rings is 1. The van der Waals surface area contributed by atoms with Crippen molar-refractivity contribution in [2.24, 2.45) is 0 Å². The molecule has 0 aliphatic rings. The summed E-state index contributed by atoms with van der Waals surface area (Å²) in [5.41, 5.74) is 6.33. The zero-order valence-corrected chi connectivity index (χ0v) is 8.36. The number of carboxylic acid groups (broad SMARTS) is 1. The van der Waals surface area contributed by atoms with Gasteiger partial charge in [0, 0.05) is 11.6 Å². The molecule has 2 rings (SSSR count). The number of carboxylic acids is 1. The molecule has 0 aliphatic carbocycles. The Morgan fingerprint density at radius 3 is 2.93 bits per heavy atom. The van der Waals surface area contributed by atoms with Gasteiger partial charge in [-0.1, -0.05) is 0 Å². The predicted molar refractivity (Wildman–Crippen MR) is 56.7 cm³/mol. The van der Waals surface area contributed by atoms with Crippen LogP contribution in [0.25, 0.3) is 10.6 Å². The highest BCUT2D eigenvalue weighted by atomic mass is 32.1. The minimum atomic E-state index is -1.04. The van der Waals surface area contributed by atoms with Gasteiger partial charge in [0.2, 0.25) is 0 Å². The van der Waals surface area contributed by atoms with Crippen molar-refractivity contribution in [1.82, 2.24) is 9.97 Å². The first-order valence-corrected chi connectivity index (χ1v) is 4.96. The fourth-order valence-electron chi connectivity index (χ4n) is 1.09. The molecule has 0 aliphatic heterocycles. The summed E-state index contributed by atoms with van der Waals surface area (Å²) >= 11 is 1.23. The molecule has 0 saturated carbocycles. The van der Waals surface area contributed by atoms with E-state index in [2.05, 4.69) is 9.97 Å². The number of hydrogen-bond donors (Lipinski definition) is 2. The minimum Gasteiger partial charge on any atom is -0.476 e. The van der Waals surface area contributed by atoms with E-state index >= 15 is 0 Å². The number of anilines is 1. The van der Waals surface area contributed by atoms with E-state index in [1.807, 2.05) is 0 Å². The fourth-order valence-corrected chi connectivity index (χ4v) is 1.92. The number of carbonyl (C=O) groups is 1. The second-order valence-corrected chi connectivity index (χ2v) is 3.64. The van der Waals surface area contributed by atoms with Crippen LogP contribution in [-0.4, -0.2) is 21.0 Å². The summed E-state index contributed by atoms with van der Waals surface area (Å²) in [7, 11) is 0. The molecule has 76 valence electrons. The van der Waals surface area contributed by atoms with Crippen LogP contribution in [0.2, 0.25) is 0 Å².